The molecule has 1 rings (SSSR count). The number of aliphatic hydroxyl groups excluding tert-OH is 1. The van der Waals surface area contributed by atoms with E-state index in [2.05, 4.69) is 0 Å². The second-order valence-electron chi connectivity index (χ2n) is 4.86. The zero-order valence-corrected chi connectivity index (χ0v) is 11.4. The van der Waals surface area contributed by atoms with Gasteiger partial charge >= 0.3 is 0 Å². The number of anilines is 1. The Morgan fingerprint density at radius 2 is 2.00 bits per heavy atom. The van der Waals surface area contributed by atoms with Gasteiger partial charge < -0.3 is 15.7 Å². The SMILES string of the molecule is CC(N)c1ccc(N(CCCO)C(C)C)c(F)c1. The second kappa shape index (κ2) is 6.71. The van der Waals surface area contributed by atoms with E-state index in [1.807, 2.05) is 31.7 Å². The number of aliphatic hydroxyl groups is 1. The van der Waals surface area contributed by atoms with E-state index in [1.54, 1.807) is 6.07 Å². The van der Waals surface area contributed by atoms with Gasteiger partial charge in [-0.05, 0) is 44.9 Å². The number of hydrogen-bond acceptors (Lipinski definition) is 3. The highest BCUT2D eigenvalue weighted by Crippen LogP contribution is 2.24. The van der Waals surface area contributed by atoms with Crippen LogP contribution < -0.4 is 10.6 Å². The fourth-order valence-electron chi connectivity index (χ4n) is 1.94. The minimum Gasteiger partial charge on any atom is -0.396 e. The quantitative estimate of drug-likeness (QED) is 0.819. The first-order valence-electron chi connectivity index (χ1n) is 6.40. The van der Waals surface area contributed by atoms with E-state index in [0.29, 0.717) is 18.7 Å². The van der Waals surface area contributed by atoms with Crippen molar-refractivity contribution in [2.24, 2.45) is 5.73 Å². The van der Waals surface area contributed by atoms with Crippen LogP contribution in [0.5, 0.6) is 0 Å². The maximum atomic E-state index is 14.1. The van der Waals surface area contributed by atoms with Gasteiger partial charge in [0.1, 0.15) is 5.82 Å². The van der Waals surface area contributed by atoms with Gasteiger partial charge in [-0.1, -0.05) is 6.07 Å². The molecule has 18 heavy (non-hydrogen) atoms. The van der Waals surface area contributed by atoms with E-state index < -0.39 is 0 Å². The summed E-state index contributed by atoms with van der Waals surface area (Å²) in [6, 6.07) is 5.14. The molecule has 0 saturated heterocycles. The lowest BCUT2D eigenvalue weighted by Gasteiger charge is -2.29. The highest BCUT2D eigenvalue weighted by molar-refractivity contribution is 5.50. The molecule has 0 amide bonds. The number of nitrogens with zero attached hydrogens (tertiary/aromatic N) is 1. The highest BCUT2D eigenvalue weighted by atomic mass is 19.1. The van der Waals surface area contributed by atoms with Gasteiger partial charge in [0, 0.05) is 25.2 Å². The summed E-state index contributed by atoms with van der Waals surface area (Å²) in [6.07, 6.45) is 0.632. The maximum absolute atomic E-state index is 14.1. The lowest BCUT2D eigenvalue weighted by Crippen LogP contribution is -2.33. The van der Waals surface area contributed by atoms with Gasteiger partial charge in [-0.3, -0.25) is 0 Å². The summed E-state index contributed by atoms with van der Waals surface area (Å²) in [7, 11) is 0. The summed E-state index contributed by atoms with van der Waals surface area (Å²) in [5.74, 6) is -0.253. The third kappa shape index (κ3) is 3.68. The summed E-state index contributed by atoms with van der Waals surface area (Å²) in [5.41, 5.74) is 7.10. The number of nitrogens with two attached hydrogens (primary N) is 1. The Bertz CT molecular complexity index is 380. The van der Waals surface area contributed by atoms with Crippen molar-refractivity contribution in [1.29, 1.82) is 0 Å². The van der Waals surface area contributed by atoms with Crippen LogP contribution in [-0.2, 0) is 0 Å². The second-order valence-corrected chi connectivity index (χ2v) is 4.86. The van der Waals surface area contributed by atoms with Crippen molar-refractivity contribution in [3.63, 3.8) is 0 Å². The van der Waals surface area contributed by atoms with Crippen LogP contribution in [0, 0.1) is 5.82 Å². The Labute approximate surface area is 108 Å². The Morgan fingerprint density at radius 1 is 1.33 bits per heavy atom. The van der Waals surface area contributed by atoms with Gasteiger partial charge in [0.05, 0.1) is 5.69 Å². The van der Waals surface area contributed by atoms with E-state index in [0.717, 1.165) is 5.56 Å². The normalized spacial score (nSPS) is 12.8. The lowest BCUT2D eigenvalue weighted by atomic mass is 10.1. The van der Waals surface area contributed by atoms with Crippen LogP contribution in [0.25, 0.3) is 0 Å². The largest absolute Gasteiger partial charge is 0.396 e. The highest BCUT2D eigenvalue weighted by Gasteiger charge is 2.15. The minimum absolute atomic E-state index is 0.114. The van der Waals surface area contributed by atoms with Gasteiger partial charge in [-0.25, -0.2) is 4.39 Å². The van der Waals surface area contributed by atoms with Crippen molar-refractivity contribution in [3.05, 3.63) is 29.6 Å². The molecule has 0 aromatic heterocycles. The molecule has 0 aliphatic rings. The summed E-state index contributed by atoms with van der Waals surface area (Å²) < 4.78 is 14.1. The first kappa shape index (κ1) is 14.9. The van der Waals surface area contributed by atoms with Crippen LogP contribution in [-0.4, -0.2) is 24.3 Å². The molecular formula is C14H23FN2O. The lowest BCUT2D eigenvalue weighted by molar-refractivity contribution is 0.288. The van der Waals surface area contributed by atoms with Crippen LogP contribution in [0.3, 0.4) is 0 Å². The number of halogens is 1. The molecular weight excluding hydrogens is 231 g/mol. The average Bonchev–Trinajstić information content (AvgIpc) is 2.30. The van der Waals surface area contributed by atoms with Crippen molar-refractivity contribution in [2.75, 3.05) is 18.1 Å². The number of benzene rings is 1. The van der Waals surface area contributed by atoms with Gasteiger partial charge in [-0.2, -0.15) is 0 Å². The molecule has 3 N–H and O–H groups in total. The molecule has 102 valence electrons. The molecule has 0 heterocycles. The van der Waals surface area contributed by atoms with Gasteiger partial charge in [0.15, 0.2) is 0 Å². The van der Waals surface area contributed by atoms with Crippen molar-refractivity contribution in [3.8, 4) is 0 Å². The maximum Gasteiger partial charge on any atom is 0.146 e. The zero-order chi connectivity index (χ0) is 13.7. The molecule has 0 aliphatic carbocycles. The Balaban J connectivity index is 2.98. The van der Waals surface area contributed by atoms with E-state index >= 15 is 0 Å². The van der Waals surface area contributed by atoms with Gasteiger partial charge in [-0.15, -0.1) is 0 Å². The Morgan fingerprint density at radius 3 is 2.44 bits per heavy atom. The Kier molecular flexibility index (Phi) is 5.56. The molecule has 1 aromatic carbocycles. The smallest absolute Gasteiger partial charge is 0.146 e. The van der Waals surface area contributed by atoms with Crippen LogP contribution in [0.2, 0.25) is 0 Å². The fraction of sp³-hybridized carbons (Fsp3) is 0.571. The van der Waals surface area contributed by atoms with Crippen LogP contribution in [0.1, 0.15) is 38.8 Å². The molecule has 1 aromatic rings. The van der Waals surface area contributed by atoms with E-state index in [9.17, 15) is 4.39 Å². The van der Waals surface area contributed by atoms with E-state index in [-0.39, 0.29) is 24.5 Å². The summed E-state index contributed by atoms with van der Waals surface area (Å²) in [6.45, 7) is 6.61. The van der Waals surface area contributed by atoms with Crippen molar-refractivity contribution >= 4 is 5.69 Å². The zero-order valence-electron chi connectivity index (χ0n) is 11.4. The van der Waals surface area contributed by atoms with E-state index in [1.165, 1.54) is 6.07 Å². The Hall–Kier alpha value is -1.13. The fourth-order valence-corrected chi connectivity index (χ4v) is 1.94. The van der Waals surface area contributed by atoms with Crippen molar-refractivity contribution < 1.29 is 9.50 Å². The van der Waals surface area contributed by atoms with Crippen molar-refractivity contribution in [2.45, 2.75) is 39.3 Å². The molecule has 0 radical (unpaired) electrons. The number of hydrogen-bond donors (Lipinski definition) is 2. The molecule has 0 spiro atoms. The molecule has 1 unspecified atom stereocenters. The molecule has 1 atom stereocenters. The van der Waals surface area contributed by atoms with Crippen LogP contribution in [0.15, 0.2) is 18.2 Å². The summed E-state index contributed by atoms with van der Waals surface area (Å²) in [5, 5.41) is 8.89. The molecule has 0 fully saturated rings. The molecule has 0 saturated carbocycles. The minimum atomic E-state index is -0.253. The molecule has 3 nitrogen and oxygen atoms in total. The first-order valence-corrected chi connectivity index (χ1v) is 6.40. The van der Waals surface area contributed by atoms with Crippen LogP contribution in [0.4, 0.5) is 10.1 Å². The van der Waals surface area contributed by atoms with Crippen molar-refractivity contribution in [1.82, 2.24) is 0 Å². The van der Waals surface area contributed by atoms with E-state index in [4.69, 9.17) is 10.8 Å². The first-order chi connectivity index (χ1) is 8.47. The third-order valence-corrected chi connectivity index (χ3v) is 2.99. The van der Waals surface area contributed by atoms with Gasteiger partial charge in [0.25, 0.3) is 0 Å². The van der Waals surface area contributed by atoms with Gasteiger partial charge in [0.2, 0.25) is 0 Å². The average molecular weight is 254 g/mol. The molecule has 0 bridgehead atoms. The monoisotopic (exact) mass is 254 g/mol. The standard InChI is InChI=1S/C14H23FN2O/c1-10(2)17(7-4-8-18)14-6-5-12(11(3)16)9-13(14)15/h5-6,9-11,18H,4,7-8,16H2,1-3H3. The third-order valence-electron chi connectivity index (χ3n) is 2.99. The molecule has 4 heteroatoms. The topological polar surface area (TPSA) is 49.5 Å². The number of rotatable bonds is 6. The van der Waals surface area contributed by atoms with Crippen LogP contribution >= 0.6 is 0 Å². The predicted molar refractivity (Wildman–Crippen MR) is 73.2 cm³/mol. The molecule has 0 aliphatic heterocycles. The predicted octanol–water partition coefficient (Wildman–Crippen LogP) is 2.44. The summed E-state index contributed by atoms with van der Waals surface area (Å²) >= 11 is 0. The summed E-state index contributed by atoms with van der Waals surface area (Å²) in [4.78, 5) is 1.95.